The Balaban J connectivity index is 2.56. The second kappa shape index (κ2) is 4.40. The topological polar surface area (TPSA) is 39.2 Å². The van der Waals surface area contributed by atoms with E-state index in [0.29, 0.717) is 4.77 Å². The molecule has 2 rings (SSSR count). The standard InChI is InChI=1S/C11H12N2O2S/c1-14-9-5-8(6-10(7-9)15-2)13-4-3-12-11(13)16/h3-7H,1-2H3,(H,12,16). The van der Waals surface area contributed by atoms with Gasteiger partial charge in [0.05, 0.1) is 19.9 Å². The molecule has 0 aliphatic heterocycles. The first-order valence-electron chi connectivity index (χ1n) is 4.74. The number of aromatic nitrogens is 2. The summed E-state index contributed by atoms with van der Waals surface area (Å²) in [6.45, 7) is 0. The van der Waals surface area contributed by atoms with Gasteiger partial charge in [-0.3, -0.25) is 4.57 Å². The second-order valence-corrected chi connectivity index (χ2v) is 3.59. The van der Waals surface area contributed by atoms with Crippen molar-refractivity contribution >= 4 is 12.2 Å². The third-order valence-electron chi connectivity index (χ3n) is 2.26. The Morgan fingerprint density at radius 3 is 2.19 bits per heavy atom. The van der Waals surface area contributed by atoms with Gasteiger partial charge in [-0.2, -0.15) is 0 Å². The molecule has 84 valence electrons. The maximum Gasteiger partial charge on any atom is 0.181 e. The summed E-state index contributed by atoms with van der Waals surface area (Å²) in [7, 11) is 3.24. The lowest BCUT2D eigenvalue weighted by molar-refractivity contribution is 0.394. The number of nitrogens with zero attached hydrogens (tertiary/aromatic N) is 1. The molecule has 0 aliphatic rings. The van der Waals surface area contributed by atoms with Crippen molar-refractivity contribution < 1.29 is 9.47 Å². The number of hydrogen-bond donors (Lipinski definition) is 1. The van der Waals surface area contributed by atoms with E-state index in [4.69, 9.17) is 21.7 Å². The average molecular weight is 236 g/mol. The van der Waals surface area contributed by atoms with Crippen LogP contribution in [0.3, 0.4) is 0 Å². The molecule has 0 fully saturated rings. The van der Waals surface area contributed by atoms with Crippen molar-refractivity contribution in [2.75, 3.05) is 14.2 Å². The van der Waals surface area contributed by atoms with Gasteiger partial charge in [0.25, 0.3) is 0 Å². The molecule has 5 heteroatoms. The molecule has 0 saturated heterocycles. The van der Waals surface area contributed by atoms with E-state index >= 15 is 0 Å². The summed E-state index contributed by atoms with van der Waals surface area (Å²) < 4.78 is 12.9. The largest absolute Gasteiger partial charge is 0.497 e. The Hall–Kier alpha value is -1.75. The minimum absolute atomic E-state index is 0.635. The number of aromatic amines is 1. The van der Waals surface area contributed by atoms with Gasteiger partial charge in [-0.25, -0.2) is 0 Å². The molecule has 1 N–H and O–H groups in total. The number of hydrogen-bond acceptors (Lipinski definition) is 3. The van der Waals surface area contributed by atoms with Gasteiger partial charge in [0.1, 0.15) is 11.5 Å². The Morgan fingerprint density at radius 1 is 1.12 bits per heavy atom. The molecular formula is C11H12N2O2S. The monoisotopic (exact) mass is 236 g/mol. The highest BCUT2D eigenvalue weighted by molar-refractivity contribution is 7.71. The summed E-state index contributed by atoms with van der Waals surface area (Å²) in [6.07, 6.45) is 3.64. The zero-order valence-corrected chi connectivity index (χ0v) is 9.88. The van der Waals surface area contributed by atoms with E-state index in [1.165, 1.54) is 0 Å². The van der Waals surface area contributed by atoms with Crippen molar-refractivity contribution in [1.82, 2.24) is 9.55 Å². The molecular weight excluding hydrogens is 224 g/mol. The molecule has 4 nitrogen and oxygen atoms in total. The van der Waals surface area contributed by atoms with Crippen LogP contribution in [0, 0.1) is 4.77 Å². The number of rotatable bonds is 3. The molecule has 0 amide bonds. The summed E-state index contributed by atoms with van der Waals surface area (Å²) in [5.74, 6) is 1.47. The minimum Gasteiger partial charge on any atom is -0.497 e. The summed E-state index contributed by atoms with van der Waals surface area (Å²) in [4.78, 5) is 2.94. The van der Waals surface area contributed by atoms with Gasteiger partial charge < -0.3 is 14.5 Å². The highest BCUT2D eigenvalue weighted by Crippen LogP contribution is 2.24. The first kappa shape index (κ1) is 10.8. The van der Waals surface area contributed by atoms with Crippen LogP contribution in [0.15, 0.2) is 30.6 Å². The summed E-state index contributed by atoms with van der Waals surface area (Å²) in [6, 6.07) is 5.61. The number of H-pyrrole nitrogens is 1. The Labute approximate surface area is 98.4 Å². The molecule has 0 atom stereocenters. The smallest absolute Gasteiger partial charge is 0.181 e. The first-order chi connectivity index (χ1) is 7.74. The molecule has 16 heavy (non-hydrogen) atoms. The maximum absolute atomic E-state index is 5.20. The average Bonchev–Trinajstić information content (AvgIpc) is 2.74. The summed E-state index contributed by atoms with van der Waals surface area (Å²) in [5.41, 5.74) is 0.905. The zero-order chi connectivity index (χ0) is 11.5. The SMILES string of the molecule is COc1cc(OC)cc(-n2cc[nH]c2=S)c1. The lowest BCUT2D eigenvalue weighted by atomic mass is 10.2. The molecule has 0 aliphatic carbocycles. The van der Waals surface area contributed by atoms with Gasteiger partial charge >= 0.3 is 0 Å². The molecule has 0 unspecified atom stereocenters. The predicted molar refractivity (Wildman–Crippen MR) is 64.1 cm³/mol. The van der Waals surface area contributed by atoms with Gasteiger partial charge in [-0.15, -0.1) is 0 Å². The molecule has 1 aromatic carbocycles. The van der Waals surface area contributed by atoms with Crippen LogP contribution in [0.5, 0.6) is 11.5 Å². The summed E-state index contributed by atoms with van der Waals surface area (Å²) in [5, 5.41) is 0. The van der Waals surface area contributed by atoms with Gasteiger partial charge in [0.2, 0.25) is 0 Å². The van der Waals surface area contributed by atoms with Gasteiger partial charge in [-0.1, -0.05) is 0 Å². The van der Waals surface area contributed by atoms with Crippen LogP contribution in [-0.2, 0) is 0 Å². The number of nitrogens with one attached hydrogen (secondary N) is 1. The van der Waals surface area contributed by atoms with E-state index in [1.54, 1.807) is 20.4 Å². The van der Waals surface area contributed by atoms with Crippen LogP contribution in [0.4, 0.5) is 0 Å². The fraction of sp³-hybridized carbons (Fsp3) is 0.182. The number of ether oxygens (including phenoxy) is 2. The third kappa shape index (κ3) is 1.94. The van der Waals surface area contributed by atoms with Crippen LogP contribution in [0.2, 0.25) is 0 Å². The van der Waals surface area contributed by atoms with E-state index in [9.17, 15) is 0 Å². The lowest BCUT2D eigenvalue weighted by Crippen LogP contribution is -1.95. The number of benzene rings is 1. The van der Waals surface area contributed by atoms with Gasteiger partial charge in [0.15, 0.2) is 4.77 Å². The molecule has 0 spiro atoms. The molecule has 1 heterocycles. The Kier molecular flexibility index (Phi) is 2.96. The Bertz CT molecular complexity index is 523. The number of imidazole rings is 1. The first-order valence-corrected chi connectivity index (χ1v) is 5.15. The number of methoxy groups -OCH3 is 2. The highest BCUT2D eigenvalue weighted by atomic mass is 32.1. The molecule has 2 aromatic rings. The molecule has 0 bridgehead atoms. The predicted octanol–water partition coefficient (Wildman–Crippen LogP) is 2.55. The van der Waals surface area contributed by atoms with Crippen molar-refractivity contribution in [2.45, 2.75) is 0 Å². The van der Waals surface area contributed by atoms with Crippen molar-refractivity contribution in [3.8, 4) is 17.2 Å². The van der Waals surface area contributed by atoms with Crippen LogP contribution >= 0.6 is 12.2 Å². The van der Waals surface area contributed by atoms with E-state index < -0.39 is 0 Å². The van der Waals surface area contributed by atoms with Gasteiger partial charge in [-0.05, 0) is 12.2 Å². The normalized spacial score (nSPS) is 10.1. The van der Waals surface area contributed by atoms with Crippen LogP contribution in [0.1, 0.15) is 0 Å². The van der Waals surface area contributed by atoms with Crippen LogP contribution in [0.25, 0.3) is 5.69 Å². The van der Waals surface area contributed by atoms with Crippen molar-refractivity contribution in [2.24, 2.45) is 0 Å². The van der Waals surface area contributed by atoms with E-state index in [0.717, 1.165) is 17.2 Å². The second-order valence-electron chi connectivity index (χ2n) is 3.21. The van der Waals surface area contributed by atoms with E-state index in [1.807, 2.05) is 29.0 Å². The van der Waals surface area contributed by atoms with Gasteiger partial charge in [0, 0.05) is 30.6 Å². The zero-order valence-electron chi connectivity index (χ0n) is 9.06. The minimum atomic E-state index is 0.635. The van der Waals surface area contributed by atoms with E-state index in [-0.39, 0.29) is 0 Å². The van der Waals surface area contributed by atoms with E-state index in [2.05, 4.69) is 4.98 Å². The third-order valence-corrected chi connectivity index (χ3v) is 2.58. The molecule has 0 saturated carbocycles. The van der Waals surface area contributed by atoms with Crippen molar-refractivity contribution in [3.63, 3.8) is 0 Å². The fourth-order valence-corrected chi connectivity index (χ4v) is 1.69. The summed E-state index contributed by atoms with van der Waals surface area (Å²) >= 11 is 5.15. The van der Waals surface area contributed by atoms with Crippen molar-refractivity contribution in [1.29, 1.82) is 0 Å². The highest BCUT2D eigenvalue weighted by Gasteiger charge is 2.04. The Morgan fingerprint density at radius 2 is 1.75 bits per heavy atom. The molecule has 1 aromatic heterocycles. The molecule has 0 radical (unpaired) electrons. The lowest BCUT2D eigenvalue weighted by Gasteiger charge is -2.08. The fourth-order valence-electron chi connectivity index (χ4n) is 1.46. The van der Waals surface area contributed by atoms with Crippen molar-refractivity contribution in [3.05, 3.63) is 35.4 Å². The van der Waals surface area contributed by atoms with Crippen LogP contribution < -0.4 is 9.47 Å². The van der Waals surface area contributed by atoms with Crippen LogP contribution in [-0.4, -0.2) is 23.8 Å². The quantitative estimate of drug-likeness (QED) is 0.832. The maximum atomic E-state index is 5.20.